The van der Waals surface area contributed by atoms with Crippen LogP contribution >= 0.6 is 11.6 Å². The molecule has 0 atom stereocenters. The second-order valence-electron chi connectivity index (χ2n) is 3.81. The van der Waals surface area contributed by atoms with Crippen molar-refractivity contribution < 1.29 is 4.74 Å². The van der Waals surface area contributed by atoms with Crippen molar-refractivity contribution in [2.24, 2.45) is 0 Å². The average molecular weight is 183 g/mol. The van der Waals surface area contributed by atoms with E-state index in [4.69, 9.17) is 16.3 Å². The summed E-state index contributed by atoms with van der Waals surface area (Å²) in [5, 5.41) is 0.785. The van der Waals surface area contributed by atoms with Crippen LogP contribution in [-0.4, -0.2) is 6.61 Å². The zero-order valence-electron chi connectivity index (χ0n) is 7.23. The van der Waals surface area contributed by atoms with Gasteiger partial charge in [-0.2, -0.15) is 0 Å². The maximum absolute atomic E-state index is 5.90. The van der Waals surface area contributed by atoms with Crippen molar-refractivity contribution in [1.29, 1.82) is 0 Å². The van der Waals surface area contributed by atoms with E-state index in [1.165, 1.54) is 5.56 Å². The first-order chi connectivity index (χ1) is 5.59. The lowest BCUT2D eigenvalue weighted by molar-refractivity contribution is 0.291. The zero-order valence-corrected chi connectivity index (χ0v) is 7.98. The number of halogens is 1. The highest BCUT2D eigenvalue weighted by atomic mass is 35.5. The van der Waals surface area contributed by atoms with Gasteiger partial charge in [0, 0.05) is 16.0 Å². The van der Waals surface area contributed by atoms with E-state index in [0.29, 0.717) is 0 Å². The molecule has 2 rings (SSSR count). The van der Waals surface area contributed by atoms with Gasteiger partial charge in [0.25, 0.3) is 0 Å². The Kier molecular flexibility index (Phi) is 1.58. The Bertz CT molecular complexity index is 318. The van der Waals surface area contributed by atoms with E-state index in [9.17, 15) is 0 Å². The van der Waals surface area contributed by atoms with E-state index in [1.807, 2.05) is 18.2 Å². The summed E-state index contributed by atoms with van der Waals surface area (Å²) in [5.41, 5.74) is 1.33. The maximum atomic E-state index is 5.90. The number of benzene rings is 1. The standard InChI is InChI=1S/C10H11ClO/c1-10(2)6-12-9-4-3-7(11)5-8(9)10/h3-5H,6H2,1-2H3. The molecular weight excluding hydrogens is 172 g/mol. The fraction of sp³-hybridized carbons (Fsp3) is 0.400. The monoisotopic (exact) mass is 182 g/mol. The smallest absolute Gasteiger partial charge is 0.123 e. The molecule has 1 heterocycles. The maximum Gasteiger partial charge on any atom is 0.123 e. The molecular formula is C10H11ClO. The summed E-state index contributed by atoms with van der Waals surface area (Å²) in [4.78, 5) is 0. The zero-order chi connectivity index (χ0) is 8.77. The first kappa shape index (κ1) is 7.93. The fourth-order valence-electron chi connectivity index (χ4n) is 1.49. The highest BCUT2D eigenvalue weighted by Crippen LogP contribution is 2.39. The molecule has 0 saturated carbocycles. The predicted molar refractivity (Wildman–Crippen MR) is 50.0 cm³/mol. The molecule has 0 spiro atoms. The van der Waals surface area contributed by atoms with Gasteiger partial charge in [0.05, 0.1) is 6.61 Å². The number of fused-ring (bicyclic) bond motifs is 1. The molecule has 1 nitrogen and oxygen atoms in total. The molecule has 12 heavy (non-hydrogen) atoms. The third kappa shape index (κ3) is 1.09. The van der Waals surface area contributed by atoms with Crippen LogP contribution in [0.3, 0.4) is 0 Å². The first-order valence-corrected chi connectivity index (χ1v) is 4.40. The van der Waals surface area contributed by atoms with Crippen LogP contribution < -0.4 is 4.74 Å². The molecule has 64 valence electrons. The molecule has 0 fully saturated rings. The van der Waals surface area contributed by atoms with Crippen LogP contribution in [0, 0.1) is 0 Å². The van der Waals surface area contributed by atoms with E-state index in [1.54, 1.807) is 0 Å². The highest BCUT2D eigenvalue weighted by Gasteiger charge is 2.31. The second kappa shape index (κ2) is 2.40. The minimum absolute atomic E-state index is 0.111. The third-order valence-electron chi connectivity index (χ3n) is 2.26. The summed E-state index contributed by atoms with van der Waals surface area (Å²) in [6, 6.07) is 5.79. The van der Waals surface area contributed by atoms with Gasteiger partial charge in [0.2, 0.25) is 0 Å². The van der Waals surface area contributed by atoms with Gasteiger partial charge in [-0.25, -0.2) is 0 Å². The molecule has 2 heteroatoms. The molecule has 0 aromatic heterocycles. The topological polar surface area (TPSA) is 9.23 Å². The van der Waals surface area contributed by atoms with Crippen LogP contribution in [0.5, 0.6) is 5.75 Å². The molecule has 1 aliphatic rings. The largest absolute Gasteiger partial charge is 0.492 e. The van der Waals surface area contributed by atoms with Gasteiger partial charge in [0.15, 0.2) is 0 Å². The lowest BCUT2D eigenvalue weighted by Crippen LogP contribution is -2.18. The highest BCUT2D eigenvalue weighted by molar-refractivity contribution is 6.30. The van der Waals surface area contributed by atoms with E-state index < -0.39 is 0 Å². The molecule has 1 aromatic carbocycles. The molecule has 0 bridgehead atoms. The average Bonchev–Trinajstić information content (AvgIpc) is 2.28. The number of hydrogen-bond donors (Lipinski definition) is 0. The Morgan fingerprint density at radius 1 is 1.42 bits per heavy atom. The Hall–Kier alpha value is -0.690. The number of hydrogen-bond acceptors (Lipinski definition) is 1. The summed E-state index contributed by atoms with van der Waals surface area (Å²) in [7, 11) is 0. The van der Waals surface area contributed by atoms with Gasteiger partial charge < -0.3 is 4.74 Å². The normalized spacial score (nSPS) is 18.6. The molecule has 1 aromatic rings. The molecule has 1 aliphatic heterocycles. The van der Waals surface area contributed by atoms with Crippen molar-refractivity contribution >= 4 is 11.6 Å². The van der Waals surface area contributed by atoms with Crippen LogP contribution in [0.1, 0.15) is 19.4 Å². The van der Waals surface area contributed by atoms with Crippen LogP contribution in [-0.2, 0) is 5.41 Å². The van der Waals surface area contributed by atoms with Gasteiger partial charge in [-0.05, 0) is 18.2 Å². The molecule has 0 N–H and O–H groups in total. The quantitative estimate of drug-likeness (QED) is 0.600. The molecule has 0 amide bonds. The van der Waals surface area contributed by atoms with Crippen molar-refractivity contribution in [3.05, 3.63) is 28.8 Å². The van der Waals surface area contributed by atoms with E-state index in [-0.39, 0.29) is 5.41 Å². The molecule has 0 saturated heterocycles. The SMILES string of the molecule is CC1(C)COc2ccc(Cl)cc21. The minimum atomic E-state index is 0.111. The van der Waals surface area contributed by atoms with Gasteiger partial charge >= 0.3 is 0 Å². The van der Waals surface area contributed by atoms with Crippen LogP contribution in [0.4, 0.5) is 0 Å². The Morgan fingerprint density at radius 3 is 2.92 bits per heavy atom. The third-order valence-corrected chi connectivity index (χ3v) is 2.49. The summed E-state index contributed by atoms with van der Waals surface area (Å²) in [5.74, 6) is 0.976. The van der Waals surface area contributed by atoms with Gasteiger partial charge in [0.1, 0.15) is 5.75 Å². The van der Waals surface area contributed by atoms with Crippen LogP contribution in [0.25, 0.3) is 0 Å². The number of rotatable bonds is 0. The molecule has 0 unspecified atom stereocenters. The number of ether oxygens (including phenoxy) is 1. The van der Waals surface area contributed by atoms with Crippen LogP contribution in [0.2, 0.25) is 5.02 Å². The van der Waals surface area contributed by atoms with E-state index >= 15 is 0 Å². The minimum Gasteiger partial charge on any atom is -0.492 e. The Morgan fingerprint density at radius 2 is 2.17 bits per heavy atom. The van der Waals surface area contributed by atoms with Crippen molar-refractivity contribution in [1.82, 2.24) is 0 Å². The van der Waals surface area contributed by atoms with Gasteiger partial charge in [-0.3, -0.25) is 0 Å². The summed E-state index contributed by atoms with van der Waals surface area (Å²) >= 11 is 5.90. The lowest BCUT2D eigenvalue weighted by atomic mass is 9.87. The Balaban J connectivity index is 2.57. The molecule has 0 radical (unpaired) electrons. The Labute approximate surface area is 77.3 Å². The van der Waals surface area contributed by atoms with Crippen molar-refractivity contribution in [3.8, 4) is 5.75 Å². The summed E-state index contributed by atoms with van der Waals surface area (Å²) in [6.07, 6.45) is 0. The predicted octanol–water partition coefficient (Wildman–Crippen LogP) is 3.01. The summed E-state index contributed by atoms with van der Waals surface area (Å²) < 4.78 is 5.51. The summed E-state index contributed by atoms with van der Waals surface area (Å²) in [6.45, 7) is 5.08. The van der Waals surface area contributed by atoms with Gasteiger partial charge in [-0.15, -0.1) is 0 Å². The van der Waals surface area contributed by atoms with E-state index in [2.05, 4.69) is 13.8 Å². The molecule has 0 aliphatic carbocycles. The van der Waals surface area contributed by atoms with Gasteiger partial charge in [-0.1, -0.05) is 25.4 Å². The van der Waals surface area contributed by atoms with Crippen molar-refractivity contribution in [2.45, 2.75) is 19.3 Å². The fourth-order valence-corrected chi connectivity index (χ4v) is 1.66. The lowest BCUT2D eigenvalue weighted by Gasteiger charge is -2.14. The first-order valence-electron chi connectivity index (χ1n) is 4.02. The second-order valence-corrected chi connectivity index (χ2v) is 4.25. The van der Waals surface area contributed by atoms with Crippen molar-refractivity contribution in [2.75, 3.05) is 6.61 Å². The van der Waals surface area contributed by atoms with E-state index in [0.717, 1.165) is 17.4 Å². The van der Waals surface area contributed by atoms with Crippen LogP contribution in [0.15, 0.2) is 18.2 Å². The van der Waals surface area contributed by atoms with Crippen molar-refractivity contribution in [3.63, 3.8) is 0 Å².